The number of pyridine rings is 1. The molecule has 0 radical (unpaired) electrons. The smallest absolute Gasteiger partial charge is 0.471 e. The minimum Gasteiger partial charge on any atom is -0.495 e. The summed E-state index contributed by atoms with van der Waals surface area (Å²) in [7, 11) is 2.73. The summed E-state index contributed by atoms with van der Waals surface area (Å²) in [6, 6.07) is 1.94. The predicted octanol–water partition coefficient (Wildman–Crippen LogP) is 5.51. The van der Waals surface area contributed by atoms with Gasteiger partial charge in [-0.3, -0.25) is 14.2 Å². The molecule has 17 heteroatoms. The molecule has 1 aliphatic rings. The number of carbonyl (C=O) groups is 2. The fourth-order valence-corrected chi connectivity index (χ4v) is 5.74. The van der Waals surface area contributed by atoms with Crippen LogP contribution in [-0.2, 0) is 16.1 Å². The normalized spacial score (nSPS) is 13.9. The average molecular weight is 693 g/mol. The maximum atomic E-state index is 14.1. The van der Waals surface area contributed by atoms with Crippen LogP contribution < -0.4 is 15.0 Å². The Labute approximate surface area is 270 Å². The van der Waals surface area contributed by atoms with Crippen molar-refractivity contribution in [3.05, 3.63) is 38.7 Å². The molecule has 0 atom stereocenters. The van der Waals surface area contributed by atoms with E-state index in [1.165, 1.54) is 49.2 Å². The van der Waals surface area contributed by atoms with Crippen molar-refractivity contribution in [1.29, 1.82) is 0 Å². The van der Waals surface area contributed by atoms with Crippen molar-refractivity contribution in [3.8, 4) is 22.6 Å². The highest BCUT2D eigenvalue weighted by atomic mass is 35.5. The molecule has 244 valence electrons. The SMILES string of the molecule is COc1cc(OC)c(Cl)c(-c2cc3cnc(SC)nc3n(CCN(C(=O)C(F)(F)F)C3CN(C(=O)OC(C)(C)C)C3)c2=O)c1Cl. The van der Waals surface area contributed by atoms with Crippen LogP contribution in [0.4, 0.5) is 18.0 Å². The molecule has 0 aliphatic carbocycles. The van der Waals surface area contributed by atoms with Gasteiger partial charge in [0, 0.05) is 49.4 Å². The Hall–Kier alpha value is -3.43. The Morgan fingerprint density at radius 1 is 1.09 bits per heavy atom. The Morgan fingerprint density at radius 3 is 2.20 bits per heavy atom. The maximum Gasteiger partial charge on any atom is 0.471 e. The van der Waals surface area contributed by atoms with E-state index in [0.717, 1.165) is 4.57 Å². The molecule has 1 aromatic carbocycles. The summed E-state index contributed by atoms with van der Waals surface area (Å²) in [5, 5.41) is 0.652. The van der Waals surface area contributed by atoms with Crippen LogP contribution in [0.25, 0.3) is 22.2 Å². The van der Waals surface area contributed by atoms with Crippen LogP contribution in [0.15, 0.2) is 28.3 Å². The molecule has 2 aromatic heterocycles. The summed E-state index contributed by atoms with van der Waals surface area (Å²) in [6.07, 6.45) is -2.74. The zero-order chi connectivity index (χ0) is 33.4. The zero-order valence-corrected chi connectivity index (χ0v) is 27.4. The van der Waals surface area contributed by atoms with Gasteiger partial charge in [-0.1, -0.05) is 35.0 Å². The second kappa shape index (κ2) is 13.1. The van der Waals surface area contributed by atoms with E-state index in [1.54, 1.807) is 27.0 Å². The number of amides is 2. The third-order valence-electron chi connectivity index (χ3n) is 6.85. The fraction of sp³-hybridized carbons (Fsp3) is 0.464. The summed E-state index contributed by atoms with van der Waals surface area (Å²) in [5.74, 6) is -1.78. The standard InChI is InChI=1S/C28H30Cl2F3N5O6S/c1-27(2,3)44-26(41)36-12-15(13-36)37(24(40)28(31,32)33)7-8-38-22-14(11-34-25(35-22)45-6)9-16(23(38)39)19-20(29)17(42-4)10-18(43-5)21(19)30/h9-11,15H,7-8,12-13H2,1-6H3. The van der Waals surface area contributed by atoms with Crippen LogP contribution in [0.1, 0.15) is 20.8 Å². The number of alkyl halides is 3. The van der Waals surface area contributed by atoms with Crippen LogP contribution >= 0.6 is 35.0 Å². The van der Waals surface area contributed by atoms with E-state index in [4.69, 9.17) is 37.4 Å². The summed E-state index contributed by atoms with van der Waals surface area (Å²) < 4.78 is 58.3. The molecule has 0 unspecified atom stereocenters. The van der Waals surface area contributed by atoms with Crippen LogP contribution in [0.5, 0.6) is 11.5 Å². The van der Waals surface area contributed by atoms with Gasteiger partial charge < -0.3 is 24.0 Å². The molecule has 0 N–H and O–H groups in total. The van der Waals surface area contributed by atoms with E-state index in [9.17, 15) is 27.6 Å². The molecule has 0 saturated carbocycles. The first kappa shape index (κ1) is 34.4. The van der Waals surface area contributed by atoms with Crippen molar-refractivity contribution in [2.75, 3.05) is 40.1 Å². The van der Waals surface area contributed by atoms with Crippen molar-refractivity contribution < 1.29 is 37.0 Å². The molecule has 3 aromatic rings. The average Bonchev–Trinajstić information content (AvgIpc) is 2.93. The first-order valence-electron chi connectivity index (χ1n) is 13.4. The van der Waals surface area contributed by atoms with Gasteiger partial charge in [-0.25, -0.2) is 14.8 Å². The van der Waals surface area contributed by atoms with Crippen molar-refractivity contribution in [2.45, 2.75) is 50.3 Å². The number of nitrogens with zero attached hydrogens (tertiary/aromatic N) is 5. The van der Waals surface area contributed by atoms with Gasteiger partial charge in [0.05, 0.1) is 35.9 Å². The lowest BCUT2D eigenvalue weighted by Crippen LogP contribution is -2.64. The van der Waals surface area contributed by atoms with Crippen molar-refractivity contribution in [3.63, 3.8) is 0 Å². The summed E-state index contributed by atoms with van der Waals surface area (Å²) in [4.78, 5) is 49.6. The van der Waals surface area contributed by atoms with Crippen LogP contribution in [0, 0.1) is 0 Å². The highest BCUT2D eigenvalue weighted by molar-refractivity contribution is 7.98. The van der Waals surface area contributed by atoms with Crippen molar-refractivity contribution >= 4 is 58.0 Å². The van der Waals surface area contributed by atoms with E-state index < -0.39 is 48.5 Å². The van der Waals surface area contributed by atoms with Gasteiger partial charge in [0.15, 0.2) is 5.16 Å². The molecule has 4 rings (SSSR count). The molecule has 11 nitrogen and oxygen atoms in total. The fourth-order valence-electron chi connectivity index (χ4n) is 4.70. The van der Waals surface area contributed by atoms with Gasteiger partial charge in [-0.05, 0) is 33.1 Å². The highest BCUT2D eigenvalue weighted by Gasteiger charge is 2.48. The number of hydrogen-bond donors (Lipinski definition) is 0. The third kappa shape index (κ3) is 7.20. The zero-order valence-electron chi connectivity index (χ0n) is 25.1. The van der Waals surface area contributed by atoms with Gasteiger partial charge in [-0.15, -0.1) is 0 Å². The molecular weight excluding hydrogens is 662 g/mol. The number of methoxy groups -OCH3 is 2. The van der Waals surface area contributed by atoms with Crippen LogP contribution in [0.2, 0.25) is 10.0 Å². The summed E-state index contributed by atoms with van der Waals surface area (Å²) in [5.41, 5.74) is -1.35. The first-order chi connectivity index (χ1) is 21.0. The quantitative estimate of drug-likeness (QED) is 0.223. The summed E-state index contributed by atoms with van der Waals surface area (Å²) >= 11 is 14.4. The number of likely N-dealkylation sites (tertiary alicyclic amines) is 1. The Kier molecular flexibility index (Phi) is 10.0. The number of hydrogen-bond acceptors (Lipinski definition) is 9. The molecule has 1 saturated heterocycles. The third-order valence-corrected chi connectivity index (χ3v) is 8.17. The van der Waals surface area contributed by atoms with Gasteiger partial charge in [0.1, 0.15) is 22.7 Å². The maximum absolute atomic E-state index is 14.1. The largest absolute Gasteiger partial charge is 0.495 e. The van der Waals surface area contributed by atoms with Gasteiger partial charge in [0.25, 0.3) is 5.56 Å². The first-order valence-corrected chi connectivity index (χ1v) is 15.4. The van der Waals surface area contributed by atoms with Gasteiger partial charge >= 0.3 is 18.2 Å². The lowest BCUT2D eigenvalue weighted by molar-refractivity contribution is -0.190. The Balaban J connectivity index is 1.79. The van der Waals surface area contributed by atoms with E-state index in [1.807, 2.05) is 0 Å². The number of carbonyl (C=O) groups excluding carboxylic acids is 2. The van der Waals surface area contributed by atoms with Crippen molar-refractivity contribution in [1.82, 2.24) is 24.3 Å². The van der Waals surface area contributed by atoms with Crippen molar-refractivity contribution in [2.24, 2.45) is 0 Å². The number of aromatic nitrogens is 3. The number of fused-ring (bicyclic) bond motifs is 1. The van der Waals surface area contributed by atoms with E-state index >= 15 is 0 Å². The monoisotopic (exact) mass is 691 g/mol. The van der Waals surface area contributed by atoms with Crippen LogP contribution in [-0.4, -0.2) is 94.3 Å². The lowest BCUT2D eigenvalue weighted by Gasteiger charge is -2.45. The number of thioether (sulfide) groups is 1. The highest BCUT2D eigenvalue weighted by Crippen LogP contribution is 2.45. The Bertz CT molecular complexity index is 1660. The van der Waals surface area contributed by atoms with E-state index in [0.29, 0.717) is 15.4 Å². The molecule has 45 heavy (non-hydrogen) atoms. The number of ether oxygens (including phenoxy) is 3. The minimum atomic E-state index is -5.20. The van der Waals surface area contributed by atoms with Gasteiger partial charge in [-0.2, -0.15) is 13.2 Å². The lowest BCUT2D eigenvalue weighted by atomic mass is 10.0. The second-order valence-electron chi connectivity index (χ2n) is 11.0. The topological polar surface area (TPSA) is 116 Å². The Morgan fingerprint density at radius 2 is 1.69 bits per heavy atom. The van der Waals surface area contributed by atoms with Gasteiger partial charge in [0.2, 0.25) is 0 Å². The molecule has 0 spiro atoms. The molecule has 0 bridgehead atoms. The number of benzene rings is 1. The number of rotatable bonds is 8. The van der Waals surface area contributed by atoms with Crippen LogP contribution in [0.3, 0.4) is 0 Å². The molecule has 1 fully saturated rings. The molecule has 3 heterocycles. The predicted molar refractivity (Wildman–Crippen MR) is 164 cm³/mol. The minimum absolute atomic E-state index is 0.00136. The molecule has 2 amide bonds. The van der Waals surface area contributed by atoms with E-state index in [-0.39, 0.29) is 51.4 Å². The molecule has 1 aliphatic heterocycles. The van der Waals surface area contributed by atoms with E-state index in [2.05, 4.69) is 9.97 Å². The summed E-state index contributed by atoms with van der Waals surface area (Å²) in [6.45, 7) is 3.68. The number of halogens is 5. The molecular formula is C28H30Cl2F3N5O6S. The second-order valence-corrected chi connectivity index (χ2v) is 12.5.